The van der Waals surface area contributed by atoms with Crippen LogP contribution in [0.5, 0.6) is 11.5 Å². The van der Waals surface area contributed by atoms with E-state index in [0.717, 1.165) is 15.5 Å². The van der Waals surface area contributed by atoms with Crippen molar-refractivity contribution in [3.05, 3.63) is 45.1 Å². The van der Waals surface area contributed by atoms with Crippen LogP contribution in [-0.2, 0) is 6.42 Å². The second kappa shape index (κ2) is 6.51. The molecular weight excluding hydrogens is 303 g/mol. The van der Waals surface area contributed by atoms with Crippen molar-refractivity contribution in [2.75, 3.05) is 14.2 Å². The summed E-state index contributed by atoms with van der Waals surface area (Å²) in [5.74, 6) is 1.42. The number of thiophene rings is 1. The predicted octanol–water partition coefficient (Wildman–Crippen LogP) is 4.94. The minimum absolute atomic E-state index is 0.134. The van der Waals surface area contributed by atoms with Gasteiger partial charge < -0.3 is 9.47 Å². The third kappa shape index (κ3) is 3.35. The maximum atomic E-state index is 6.41. The number of methoxy groups -OCH3 is 2. The van der Waals surface area contributed by atoms with Crippen LogP contribution >= 0.6 is 34.5 Å². The van der Waals surface area contributed by atoms with Gasteiger partial charge in [-0.1, -0.05) is 17.7 Å². The van der Waals surface area contributed by atoms with Gasteiger partial charge in [0.1, 0.15) is 0 Å². The molecule has 2 aromatic rings. The van der Waals surface area contributed by atoms with E-state index in [1.165, 1.54) is 0 Å². The van der Waals surface area contributed by atoms with Crippen molar-refractivity contribution in [2.24, 2.45) is 0 Å². The van der Waals surface area contributed by atoms with Crippen molar-refractivity contribution in [1.29, 1.82) is 0 Å². The Hall–Kier alpha value is -0.900. The molecule has 0 fully saturated rings. The van der Waals surface area contributed by atoms with Crippen molar-refractivity contribution in [2.45, 2.75) is 11.8 Å². The van der Waals surface area contributed by atoms with E-state index in [-0.39, 0.29) is 5.38 Å². The van der Waals surface area contributed by atoms with Crippen LogP contribution < -0.4 is 9.47 Å². The van der Waals surface area contributed by atoms with Crippen molar-refractivity contribution in [3.8, 4) is 11.5 Å². The summed E-state index contributed by atoms with van der Waals surface area (Å²) in [4.78, 5) is 0.998. The third-order valence-electron chi connectivity index (χ3n) is 2.79. The molecule has 5 heteroatoms. The van der Waals surface area contributed by atoms with Gasteiger partial charge in [0.15, 0.2) is 11.5 Å². The molecule has 0 saturated carbocycles. The second-order valence-electron chi connectivity index (χ2n) is 3.99. The Morgan fingerprint density at radius 1 is 1.16 bits per heavy atom. The van der Waals surface area contributed by atoms with Crippen LogP contribution in [0.2, 0.25) is 5.02 Å². The lowest BCUT2D eigenvalue weighted by molar-refractivity contribution is 0.354. The molecule has 1 heterocycles. The van der Waals surface area contributed by atoms with Crippen LogP contribution in [0.1, 0.15) is 15.8 Å². The van der Waals surface area contributed by atoms with E-state index in [9.17, 15) is 0 Å². The fraction of sp³-hybridized carbons (Fsp3) is 0.286. The number of halogens is 2. The molecule has 1 aromatic carbocycles. The zero-order valence-electron chi connectivity index (χ0n) is 10.7. The Labute approximate surface area is 126 Å². The number of alkyl halides is 1. The molecule has 0 aliphatic rings. The Kier molecular flexibility index (Phi) is 4.97. The van der Waals surface area contributed by atoms with Crippen molar-refractivity contribution in [3.63, 3.8) is 0 Å². The van der Waals surface area contributed by atoms with Crippen LogP contribution in [0.4, 0.5) is 0 Å². The number of rotatable bonds is 5. The molecule has 1 atom stereocenters. The van der Waals surface area contributed by atoms with Gasteiger partial charge in [-0.05, 0) is 35.6 Å². The number of benzene rings is 1. The summed E-state index contributed by atoms with van der Waals surface area (Å²) in [6.07, 6.45) is 0.697. The minimum atomic E-state index is -0.134. The van der Waals surface area contributed by atoms with Crippen LogP contribution in [0.15, 0.2) is 29.6 Å². The number of hydrogen-bond acceptors (Lipinski definition) is 3. The molecule has 0 spiro atoms. The first kappa shape index (κ1) is 14.5. The molecule has 0 aliphatic heterocycles. The van der Waals surface area contributed by atoms with E-state index in [2.05, 4.69) is 0 Å². The lowest BCUT2D eigenvalue weighted by atomic mass is 10.1. The van der Waals surface area contributed by atoms with Gasteiger partial charge in [-0.2, -0.15) is 0 Å². The summed E-state index contributed by atoms with van der Waals surface area (Å²) in [5.41, 5.74) is 1.09. The monoisotopic (exact) mass is 316 g/mol. The fourth-order valence-electron chi connectivity index (χ4n) is 1.84. The van der Waals surface area contributed by atoms with Gasteiger partial charge in [0.2, 0.25) is 0 Å². The Morgan fingerprint density at radius 3 is 2.47 bits per heavy atom. The van der Waals surface area contributed by atoms with E-state index >= 15 is 0 Å². The molecule has 1 aromatic heterocycles. The van der Waals surface area contributed by atoms with Crippen molar-refractivity contribution in [1.82, 2.24) is 0 Å². The summed E-state index contributed by atoms with van der Waals surface area (Å²) in [6, 6.07) is 7.67. The van der Waals surface area contributed by atoms with Gasteiger partial charge in [0.25, 0.3) is 0 Å². The minimum Gasteiger partial charge on any atom is -0.493 e. The van der Waals surface area contributed by atoms with Gasteiger partial charge in [-0.3, -0.25) is 0 Å². The van der Waals surface area contributed by atoms with E-state index < -0.39 is 0 Å². The van der Waals surface area contributed by atoms with Crippen LogP contribution in [0, 0.1) is 0 Å². The Balaban J connectivity index is 2.17. The highest BCUT2D eigenvalue weighted by atomic mass is 35.5. The average molecular weight is 317 g/mol. The second-order valence-corrected chi connectivity index (χ2v) is 5.88. The van der Waals surface area contributed by atoms with Gasteiger partial charge in [-0.25, -0.2) is 0 Å². The molecule has 0 saturated heterocycles. The molecular formula is C14H14Cl2O2S. The number of hydrogen-bond donors (Lipinski definition) is 0. The smallest absolute Gasteiger partial charge is 0.160 e. The molecule has 0 amide bonds. The lowest BCUT2D eigenvalue weighted by Crippen LogP contribution is -1.96. The maximum Gasteiger partial charge on any atom is 0.160 e. The molecule has 0 aliphatic carbocycles. The van der Waals surface area contributed by atoms with Gasteiger partial charge >= 0.3 is 0 Å². The Morgan fingerprint density at radius 2 is 1.89 bits per heavy atom. The normalized spacial score (nSPS) is 12.2. The van der Waals surface area contributed by atoms with Crippen LogP contribution in [0.3, 0.4) is 0 Å². The first-order valence-corrected chi connectivity index (χ1v) is 7.43. The van der Waals surface area contributed by atoms with E-state index in [0.29, 0.717) is 17.9 Å². The summed E-state index contributed by atoms with van der Waals surface area (Å²) in [7, 11) is 3.24. The fourth-order valence-corrected chi connectivity index (χ4v) is 3.51. The van der Waals surface area contributed by atoms with Crippen LogP contribution in [-0.4, -0.2) is 14.2 Å². The first-order chi connectivity index (χ1) is 9.15. The van der Waals surface area contributed by atoms with E-state index in [1.54, 1.807) is 25.6 Å². The highest BCUT2D eigenvalue weighted by Crippen LogP contribution is 2.36. The maximum absolute atomic E-state index is 6.41. The molecule has 2 nitrogen and oxygen atoms in total. The summed E-state index contributed by atoms with van der Waals surface area (Å²) in [6.45, 7) is 0. The molecule has 102 valence electrons. The van der Waals surface area contributed by atoms with Gasteiger partial charge in [0, 0.05) is 4.88 Å². The predicted molar refractivity (Wildman–Crippen MR) is 81.2 cm³/mol. The van der Waals surface area contributed by atoms with Gasteiger partial charge in [-0.15, -0.1) is 22.9 Å². The van der Waals surface area contributed by atoms with Gasteiger partial charge in [0.05, 0.1) is 24.6 Å². The van der Waals surface area contributed by atoms with Crippen molar-refractivity contribution < 1.29 is 9.47 Å². The molecule has 0 N–H and O–H groups in total. The zero-order chi connectivity index (χ0) is 13.8. The largest absolute Gasteiger partial charge is 0.493 e. The van der Waals surface area contributed by atoms with E-state index in [1.807, 2.05) is 29.6 Å². The highest BCUT2D eigenvalue weighted by Gasteiger charge is 2.15. The average Bonchev–Trinajstić information content (AvgIpc) is 2.85. The summed E-state index contributed by atoms with van der Waals surface area (Å²) >= 11 is 14.1. The van der Waals surface area contributed by atoms with Crippen LogP contribution in [0.25, 0.3) is 0 Å². The summed E-state index contributed by atoms with van der Waals surface area (Å²) < 4.78 is 10.5. The van der Waals surface area contributed by atoms with Crippen molar-refractivity contribution >= 4 is 34.5 Å². The third-order valence-corrected chi connectivity index (χ3v) is 4.77. The number of ether oxygens (including phenoxy) is 2. The topological polar surface area (TPSA) is 18.5 Å². The zero-order valence-corrected chi connectivity index (χ0v) is 13.0. The molecule has 0 bridgehead atoms. The molecule has 19 heavy (non-hydrogen) atoms. The molecule has 1 unspecified atom stereocenters. The quantitative estimate of drug-likeness (QED) is 0.727. The highest BCUT2D eigenvalue weighted by molar-refractivity contribution is 7.11. The lowest BCUT2D eigenvalue weighted by Gasteiger charge is -2.12. The summed E-state index contributed by atoms with van der Waals surface area (Å²) in [5, 5.41) is 2.54. The molecule has 2 rings (SSSR count). The SMILES string of the molecule is COc1ccc(CC(Cl)c2sccc2Cl)cc1OC. The molecule has 0 radical (unpaired) electrons. The Bertz CT molecular complexity index is 554. The standard InChI is InChI=1S/C14H14Cl2O2S/c1-17-12-4-3-9(8-13(12)18-2)7-11(16)14-10(15)5-6-19-14/h3-6,8,11H,7H2,1-2H3. The van der Waals surface area contributed by atoms with E-state index in [4.69, 9.17) is 32.7 Å². The first-order valence-electron chi connectivity index (χ1n) is 5.73.